The van der Waals surface area contributed by atoms with Gasteiger partial charge in [0.2, 0.25) is 5.91 Å². The Bertz CT molecular complexity index is 877. The van der Waals surface area contributed by atoms with Gasteiger partial charge in [-0.15, -0.1) is 0 Å². The molecular weight excluding hydrogens is 388 g/mol. The second-order valence-corrected chi connectivity index (χ2v) is 8.62. The fraction of sp³-hybridized carbons (Fsp3) is 0.462. The zero-order valence-corrected chi connectivity index (χ0v) is 19.2. The summed E-state index contributed by atoms with van der Waals surface area (Å²) >= 11 is 0. The predicted octanol–water partition coefficient (Wildman–Crippen LogP) is 4.57. The molecule has 5 heteroatoms. The van der Waals surface area contributed by atoms with Gasteiger partial charge in [-0.3, -0.25) is 9.59 Å². The number of rotatable bonds is 7. The number of para-hydroxylation sites is 1. The number of benzene rings is 2. The summed E-state index contributed by atoms with van der Waals surface area (Å²) in [5, 5.41) is 0. The molecule has 1 aliphatic rings. The molecule has 3 rings (SSSR count). The number of aryl methyl sites for hydroxylation is 2. The van der Waals surface area contributed by atoms with E-state index >= 15 is 0 Å². The Labute approximate surface area is 186 Å². The molecule has 0 aromatic heterocycles. The summed E-state index contributed by atoms with van der Waals surface area (Å²) in [5.41, 5.74) is 4.18. The molecule has 2 amide bonds. The fourth-order valence-electron chi connectivity index (χ4n) is 3.93. The summed E-state index contributed by atoms with van der Waals surface area (Å²) in [7, 11) is 0. The van der Waals surface area contributed by atoms with Gasteiger partial charge in [-0.1, -0.05) is 44.2 Å². The molecule has 1 heterocycles. The van der Waals surface area contributed by atoms with Crippen LogP contribution < -0.4 is 4.74 Å². The van der Waals surface area contributed by atoms with Gasteiger partial charge in [-0.05, 0) is 55.0 Å². The average molecular weight is 423 g/mol. The number of ether oxygens (including phenoxy) is 1. The van der Waals surface area contributed by atoms with Gasteiger partial charge in [0, 0.05) is 38.2 Å². The van der Waals surface area contributed by atoms with Crippen LogP contribution in [0, 0.1) is 13.8 Å². The van der Waals surface area contributed by atoms with Gasteiger partial charge >= 0.3 is 0 Å². The number of hydrogen-bond donors (Lipinski definition) is 0. The Morgan fingerprint density at radius 2 is 1.48 bits per heavy atom. The lowest BCUT2D eigenvalue weighted by molar-refractivity contribution is -0.132. The van der Waals surface area contributed by atoms with Crippen LogP contribution in [0.2, 0.25) is 0 Å². The average Bonchev–Trinajstić information content (AvgIpc) is 2.77. The summed E-state index contributed by atoms with van der Waals surface area (Å²) in [6, 6.07) is 14.0. The number of nitrogens with zero attached hydrogens (tertiary/aromatic N) is 2. The summed E-state index contributed by atoms with van der Waals surface area (Å²) in [4.78, 5) is 29.0. The van der Waals surface area contributed by atoms with Crippen LogP contribution in [0.1, 0.15) is 59.7 Å². The summed E-state index contributed by atoms with van der Waals surface area (Å²) in [5.74, 6) is 1.55. The Morgan fingerprint density at radius 3 is 2.06 bits per heavy atom. The molecule has 0 bridgehead atoms. The van der Waals surface area contributed by atoms with Gasteiger partial charge in [0.15, 0.2) is 0 Å². The number of carbonyl (C=O) groups excluding carboxylic acids is 2. The second-order valence-electron chi connectivity index (χ2n) is 8.62. The van der Waals surface area contributed by atoms with Crippen molar-refractivity contribution in [2.75, 3.05) is 32.8 Å². The Morgan fingerprint density at radius 1 is 0.903 bits per heavy atom. The normalized spacial score (nSPS) is 14.1. The van der Waals surface area contributed by atoms with Crippen molar-refractivity contribution in [3.8, 4) is 5.75 Å². The van der Waals surface area contributed by atoms with E-state index in [0.29, 0.717) is 57.1 Å². The van der Waals surface area contributed by atoms with Gasteiger partial charge < -0.3 is 14.5 Å². The van der Waals surface area contributed by atoms with E-state index in [0.717, 1.165) is 16.9 Å². The van der Waals surface area contributed by atoms with E-state index in [1.807, 2.05) is 66.1 Å². The first kappa shape index (κ1) is 22.9. The zero-order valence-electron chi connectivity index (χ0n) is 19.2. The van der Waals surface area contributed by atoms with Crippen LogP contribution >= 0.6 is 0 Å². The van der Waals surface area contributed by atoms with Crippen molar-refractivity contribution >= 4 is 11.8 Å². The molecule has 0 saturated carbocycles. The predicted molar refractivity (Wildman–Crippen MR) is 124 cm³/mol. The van der Waals surface area contributed by atoms with Crippen molar-refractivity contribution in [1.82, 2.24) is 9.80 Å². The minimum Gasteiger partial charge on any atom is -0.493 e. The zero-order chi connectivity index (χ0) is 22.4. The van der Waals surface area contributed by atoms with Crippen LogP contribution in [-0.2, 0) is 4.79 Å². The molecule has 0 radical (unpaired) electrons. The standard InChI is InChI=1S/C26H34N2O3/c1-19(2)22-10-12-23(13-11-22)26(30)28-16-14-27(15-17-28)24(29)9-6-18-31-25-20(3)7-5-8-21(25)4/h5,7-8,10-13,19H,6,9,14-18H2,1-4H3. The Kier molecular flexibility index (Phi) is 7.72. The lowest BCUT2D eigenvalue weighted by Gasteiger charge is -2.35. The summed E-state index contributed by atoms with van der Waals surface area (Å²) < 4.78 is 5.90. The Hall–Kier alpha value is -2.82. The third-order valence-electron chi connectivity index (χ3n) is 5.93. The van der Waals surface area contributed by atoms with Gasteiger partial charge in [0.25, 0.3) is 5.91 Å². The number of hydrogen-bond acceptors (Lipinski definition) is 3. The molecule has 0 aliphatic carbocycles. The molecule has 0 spiro atoms. The van der Waals surface area contributed by atoms with E-state index in [2.05, 4.69) is 13.8 Å². The van der Waals surface area contributed by atoms with Gasteiger partial charge in [-0.25, -0.2) is 0 Å². The first-order chi connectivity index (χ1) is 14.9. The highest BCUT2D eigenvalue weighted by atomic mass is 16.5. The first-order valence-corrected chi connectivity index (χ1v) is 11.2. The van der Waals surface area contributed by atoms with Crippen molar-refractivity contribution in [2.24, 2.45) is 0 Å². The first-order valence-electron chi connectivity index (χ1n) is 11.2. The van der Waals surface area contributed by atoms with Crippen LogP contribution in [0.3, 0.4) is 0 Å². The number of piperazine rings is 1. The number of amides is 2. The molecule has 2 aromatic rings. The van der Waals surface area contributed by atoms with Crippen LogP contribution in [0.4, 0.5) is 0 Å². The molecule has 1 aliphatic heterocycles. The van der Waals surface area contributed by atoms with Crippen molar-refractivity contribution in [3.05, 3.63) is 64.7 Å². The van der Waals surface area contributed by atoms with Crippen LogP contribution in [0.25, 0.3) is 0 Å². The van der Waals surface area contributed by atoms with E-state index in [4.69, 9.17) is 4.74 Å². The lowest BCUT2D eigenvalue weighted by Crippen LogP contribution is -2.50. The molecule has 1 saturated heterocycles. The largest absolute Gasteiger partial charge is 0.493 e. The van der Waals surface area contributed by atoms with Crippen molar-refractivity contribution < 1.29 is 14.3 Å². The molecule has 5 nitrogen and oxygen atoms in total. The fourth-order valence-corrected chi connectivity index (χ4v) is 3.93. The highest BCUT2D eigenvalue weighted by Crippen LogP contribution is 2.22. The maximum atomic E-state index is 12.8. The molecule has 0 unspecified atom stereocenters. The minimum absolute atomic E-state index is 0.0457. The van der Waals surface area contributed by atoms with E-state index in [9.17, 15) is 9.59 Å². The maximum absolute atomic E-state index is 12.8. The topological polar surface area (TPSA) is 49.9 Å². The smallest absolute Gasteiger partial charge is 0.253 e. The molecule has 31 heavy (non-hydrogen) atoms. The van der Waals surface area contributed by atoms with Crippen molar-refractivity contribution in [3.63, 3.8) is 0 Å². The van der Waals surface area contributed by atoms with Gasteiger partial charge in [-0.2, -0.15) is 0 Å². The third-order valence-corrected chi connectivity index (χ3v) is 5.93. The molecule has 166 valence electrons. The molecule has 0 N–H and O–H groups in total. The van der Waals surface area contributed by atoms with Crippen LogP contribution in [0.15, 0.2) is 42.5 Å². The van der Waals surface area contributed by atoms with Crippen molar-refractivity contribution in [2.45, 2.75) is 46.5 Å². The van der Waals surface area contributed by atoms with E-state index in [1.165, 1.54) is 5.56 Å². The quantitative estimate of drug-likeness (QED) is 0.614. The van der Waals surface area contributed by atoms with E-state index in [1.54, 1.807) is 0 Å². The highest BCUT2D eigenvalue weighted by molar-refractivity contribution is 5.94. The van der Waals surface area contributed by atoms with Crippen LogP contribution in [-0.4, -0.2) is 54.4 Å². The molecule has 0 atom stereocenters. The monoisotopic (exact) mass is 422 g/mol. The molecular formula is C26H34N2O3. The minimum atomic E-state index is 0.0457. The third kappa shape index (κ3) is 5.87. The van der Waals surface area contributed by atoms with Gasteiger partial charge in [0.05, 0.1) is 6.61 Å². The second kappa shape index (κ2) is 10.5. The van der Waals surface area contributed by atoms with Crippen LogP contribution in [0.5, 0.6) is 5.75 Å². The van der Waals surface area contributed by atoms with E-state index in [-0.39, 0.29) is 11.8 Å². The van der Waals surface area contributed by atoms with E-state index < -0.39 is 0 Å². The highest BCUT2D eigenvalue weighted by Gasteiger charge is 2.24. The van der Waals surface area contributed by atoms with Crippen molar-refractivity contribution in [1.29, 1.82) is 0 Å². The maximum Gasteiger partial charge on any atom is 0.253 e. The van der Waals surface area contributed by atoms with Gasteiger partial charge in [0.1, 0.15) is 5.75 Å². The summed E-state index contributed by atoms with van der Waals surface area (Å²) in [6.45, 7) is 11.2. The lowest BCUT2D eigenvalue weighted by atomic mass is 10.0. The SMILES string of the molecule is Cc1cccc(C)c1OCCCC(=O)N1CCN(C(=O)c2ccc(C(C)C)cc2)CC1. The number of carbonyl (C=O) groups is 2. The Balaban J connectivity index is 1.41. The molecule has 2 aromatic carbocycles. The molecule has 1 fully saturated rings. The summed E-state index contributed by atoms with van der Waals surface area (Å²) in [6.07, 6.45) is 1.16.